The summed E-state index contributed by atoms with van der Waals surface area (Å²) in [4.78, 5) is 14.3. The first-order valence-electron chi connectivity index (χ1n) is 6.38. The van der Waals surface area contributed by atoms with Gasteiger partial charge < -0.3 is 4.90 Å². The van der Waals surface area contributed by atoms with E-state index in [1.807, 2.05) is 25.1 Å². The smallest absolute Gasteiger partial charge is 0.254 e. The van der Waals surface area contributed by atoms with Gasteiger partial charge in [0.05, 0.1) is 12.5 Å². The summed E-state index contributed by atoms with van der Waals surface area (Å²) < 4.78 is 0.967. The molecule has 0 bridgehead atoms. The van der Waals surface area contributed by atoms with E-state index in [1.54, 1.807) is 4.90 Å². The van der Waals surface area contributed by atoms with Crippen molar-refractivity contribution < 1.29 is 4.79 Å². The van der Waals surface area contributed by atoms with Crippen molar-refractivity contribution in [3.63, 3.8) is 0 Å². The number of halogens is 1. The molecular formula is C15H19BrN2O. The Morgan fingerprint density at radius 2 is 2.16 bits per heavy atom. The summed E-state index contributed by atoms with van der Waals surface area (Å²) in [5, 5.41) is 8.70. The number of carbonyl (C=O) groups excluding carboxylic acids is 1. The Bertz CT molecular complexity index is 491. The van der Waals surface area contributed by atoms with Crippen molar-refractivity contribution in [2.24, 2.45) is 5.92 Å². The number of benzene rings is 1. The third-order valence-corrected chi connectivity index (χ3v) is 3.28. The molecule has 0 fully saturated rings. The second-order valence-electron chi connectivity index (χ2n) is 5.01. The van der Waals surface area contributed by atoms with Crippen LogP contribution in [0.3, 0.4) is 0 Å². The molecule has 0 radical (unpaired) electrons. The molecular weight excluding hydrogens is 304 g/mol. The molecule has 0 heterocycles. The molecule has 102 valence electrons. The monoisotopic (exact) mass is 322 g/mol. The lowest BCUT2D eigenvalue weighted by Crippen LogP contribution is -2.35. The molecule has 0 unspecified atom stereocenters. The van der Waals surface area contributed by atoms with E-state index in [4.69, 9.17) is 5.26 Å². The van der Waals surface area contributed by atoms with E-state index in [0.29, 0.717) is 31.0 Å². The Balaban J connectivity index is 2.94. The molecule has 1 aromatic rings. The molecule has 0 atom stereocenters. The first-order valence-corrected chi connectivity index (χ1v) is 7.17. The molecule has 0 aliphatic heterocycles. The Hall–Kier alpha value is -1.34. The maximum Gasteiger partial charge on any atom is 0.254 e. The van der Waals surface area contributed by atoms with E-state index in [9.17, 15) is 4.79 Å². The summed E-state index contributed by atoms with van der Waals surface area (Å²) in [6.45, 7) is 7.23. The van der Waals surface area contributed by atoms with Gasteiger partial charge in [-0.15, -0.1) is 0 Å². The molecule has 0 spiro atoms. The minimum atomic E-state index is 0.00829. The first-order chi connectivity index (χ1) is 8.95. The van der Waals surface area contributed by atoms with E-state index >= 15 is 0 Å². The van der Waals surface area contributed by atoms with Gasteiger partial charge in [-0.3, -0.25) is 4.79 Å². The second-order valence-corrected chi connectivity index (χ2v) is 5.93. The standard InChI is InChI=1S/C15H19BrN2O/c1-11(2)10-18(8-4-7-17)15(19)14-6-5-13(16)9-12(14)3/h5-6,9,11H,4,8,10H2,1-3H3. The number of nitriles is 1. The van der Waals surface area contributed by atoms with Crippen LogP contribution in [0.15, 0.2) is 22.7 Å². The van der Waals surface area contributed by atoms with Gasteiger partial charge >= 0.3 is 0 Å². The lowest BCUT2D eigenvalue weighted by atomic mass is 10.1. The zero-order valence-electron chi connectivity index (χ0n) is 11.6. The molecule has 0 N–H and O–H groups in total. The van der Waals surface area contributed by atoms with Crippen LogP contribution in [0, 0.1) is 24.2 Å². The quantitative estimate of drug-likeness (QED) is 0.828. The number of aryl methyl sites for hydroxylation is 1. The predicted molar refractivity (Wildman–Crippen MR) is 79.9 cm³/mol. The first kappa shape index (κ1) is 15.7. The molecule has 1 rings (SSSR count). The maximum absolute atomic E-state index is 12.5. The highest BCUT2D eigenvalue weighted by Gasteiger charge is 2.18. The van der Waals surface area contributed by atoms with Crippen molar-refractivity contribution in [2.75, 3.05) is 13.1 Å². The van der Waals surface area contributed by atoms with Gasteiger partial charge in [-0.1, -0.05) is 29.8 Å². The van der Waals surface area contributed by atoms with E-state index < -0.39 is 0 Å². The summed E-state index contributed by atoms with van der Waals surface area (Å²) in [5.41, 5.74) is 1.66. The van der Waals surface area contributed by atoms with Crippen LogP contribution in [0.5, 0.6) is 0 Å². The Morgan fingerprint density at radius 3 is 2.68 bits per heavy atom. The predicted octanol–water partition coefficient (Wildman–Crippen LogP) is 3.77. The zero-order chi connectivity index (χ0) is 14.4. The second kappa shape index (κ2) is 7.30. The average Bonchev–Trinajstić information content (AvgIpc) is 2.33. The van der Waals surface area contributed by atoms with Crippen molar-refractivity contribution in [3.8, 4) is 6.07 Å². The van der Waals surface area contributed by atoms with Crippen molar-refractivity contribution in [1.82, 2.24) is 4.90 Å². The van der Waals surface area contributed by atoms with Crippen molar-refractivity contribution in [1.29, 1.82) is 5.26 Å². The number of hydrogen-bond acceptors (Lipinski definition) is 2. The molecule has 3 nitrogen and oxygen atoms in total. The summed E-state index contributed by atoms with van der Waals surface area (Å²) in [5.74, 6) is 0.396. The summed E-state index contributed by atoms with van der Waals surface area (Å²) in [6.07, 6.45) is 0.369. The highest BCUT2D eigenvalue weighted by Crippen LogP contribution is 2.18. The van der Waals surface area contributed by atoms with E-state index in [2.05, 4.69) is 35.8 Å². The SMILES string of the molecule is Cc1cc(Br)ccc1C(=O)N(CCC#N)CC(C)C. The van der Waals surface area contributed by atoms with E-state index in [0.717, 1.165) is 10.0 Å². The van der Waals surface area contributed by atoms with Gasteiger partial charge in [0.15, 0.2) is 0 Å². The fourth-order valence-corrected chi connectivity index (χ4v) is 2.41. The van der Waals surface area contributed by atoms with E-state index in [-0.39, 0.29) is 5.91 Å². The normalized spacial score (nSPS) is 10.3. The highest BCUT2D eigenvalue weighted by molar-refractivity contribution is 9.10. The third kappa shape index (κ3) is 4.68. The van der Waals surface area contributed by atoms with Gasteiger partial charge in [0.2, 0.25) is 0 Å². The summed E-state index contributed by atoms with van der Waals surface area (Å²) in [7, 11) is 0. The molecule has 1 amide bonds. The van der Waals surface area contributed by atoms with Crippen LogP contribution in [-0.4, -0.2) is 23.9 Å². The van der Waals surface area contributed by atoms with Crippen LogP contribution < -0.4 is 0 Å². The van der Waals surface area contributed by atoms with E-state index in [1.165, 1.54) is 0 Å². The Kier molecular flexibility index (Phi) is 6.04. The molecule has 0 aromatic heterocycles. The minimum Gasteiger partial charge on any atom is -0.337 e. The van der Waals surface area contributed by atoms with Gasteiger partial charge in [0, 0.05) is 23.1 Å². The molecule has 4 heteroatoms. The highest BCUT2D eigenvalue weighted by atomic mass is 79.9. The van der Waals surface area contributed by atoms with Crippen LogP contribution in [0.25, 0.3) is 0 Å². The van der Waals surface area contributed by atoms with Crippen LogP contribution in [0.1, 0.15) is 36.2 Å². The minimum absolute atomic E-state index is 0.00829. The number of amides is 1. The zero-order valence-corrected chi connectivity index (χ0v) is 13.2. The van der Waals surface area contributed by atoms with Gasteiger partial charge in [-0.2, -0.15) is 5.26 Å². The molecule has 0 aliphatic rings. The average molecular weight is 323 g/mol. The Labute approximate surface area is 123 Å². The molecule has 19 heavy (non-hydrogen) atoms. The lowest BCUT2D eigenvalue weighted by molar-refractivity contribution is 0.0739. The molecule has 0 saturated heterocycles. The lowest BCUT2D eigenvalue weighted by Gasteiger charge is -2.24. The van der Waals surface area contributed by atoms with Gasteiger partial charge in [0.25, 0.3) is 5.91 Å². The van der Waals surface area contributed by atoms with Crippen molar-refractivity contribution >= 4 is 21.8 Å². The van der Waals surface area contributed by atoms with Crippen molar-refractivity contribution in [3.05, 3.63) is 33.8 Å². The fraction of sp³-hybridized carbons (Fsp3) is 0.467. The topological polar surface area (TPSA) is 44.1 Å². The molecule has 0 aliphatic carbocycles. The molecule has 0 saturated carbocycles. The van der Waals surface area contributed by atoms with Crippen LogP contribution in [0.2, 0.25) is 0 Å². The third-order valence-electron chi connectivity index (χ3n) is 2.79. The van der Waals surface area contributed by atoms with Crippen LogP contribution in [-0.2, 0) is 0 Å². The maximum atomic E-state index is 12.5. The van der Waals surface area contributed by atoms with Gasteiger partial charge in [-0.05, 0) is 36.6 Å². The number of nitrogens with zero attached hydrogens (tertiary/aromatic N) is 2. The largest absolute Gasteiger partial charge is 0.337 e. The summed E-state index contributed by atoms with van der Waals surface area (Å²) in [6, 6.07) is 7.74. The fourth-order valence-electron chi connectivity index (χ4n) is 1.94. The van der Waals surface area contributed by atoms with Gasteiger partial charge in [0.1, 0.15) is 0 Å². The van der Waals surface area contributed by atoms with Crippen molar-refractivity contribution in [2.45, 2.75) is 27.2 Å². The number of hydrogen-bond donors (Lipinski definition) is 0. The number of rotatable bonds is 5. The summed E-state index contributed by atoms with van der Waals surface area (Å²) >= 11 is 3.40. The van der Waals surface area contributed by atoms with Crippen LogP contribution >= 0.6 is 15.9 Å². The van der Waals surface area contributed by atoms with Crippen LogP contribution in [0.4, 0.5) is 0 Å². The number of carbonyl (C=O) groups is 1. The molecule has 1 aromatic carbocycles. The Morgan fingerprint density at radius 1 is 1.47 bits per heavy atom. The van der Waals surface area contributed by atoms with Gasteiger partial charge in [-0.25, -0.2) is 0 Å².